The van der Waals surface area contributed by atoms with Gasteiger partial charge in [-0.1, -0.05) is 41.4 Å². The molecule has 0 radical (unpaired) electrons. The van der Waals surface area contributed by atoms with E-state index in [0.29, 0.717) is 6.04 Å². The van der Waals surface area contributed by atoms with Gasteiger partial charge in [-0.05, 0) is 55.7 Å². The van der Waals surface area contributed by atoms with E-state index in [1.807, 2.05) is 18.2 Å². The summed E-state index contributed by atoms with van der Waals surface area (Å²) in [4.78, 5) is 1.04. The molecule has 0 amide bonds. The van der Waals surface area contributed by atoms with E-state index < -0.39 is 0 Å². The number of thioether (sulfide) groups is 1. The molecule has 4 heteroatoms. The number of hydrogen-bond donors (Lipinski definition) is 1. The van der Waals surface area contributed by atoms with Crippen molar-refractivity contribution in [2.45, 2.75) is 31.7 Å². The monoisotopic (exact) mass is 353 g/mol. The second kappa shape index (κ2) is 8.26. The van der Waals surface area contributed by atoms with Crippen molar-refractivity contribution in [1.29, 1.82) is 0 Å². The number of aryl methyl sites for hydroxylation is 2. The van der Waals surface area contributed by atoms with Gasteiger partial charge in [0.2, 0.25) is 0 Å². The van der Waals surface area contributed by atoms with Gasteiger partial charge < -0.3 is 5.32 Å². The molecule has 2 aromatic rings. The van der Waals surface area contributed by atoms with E-state index in [2.05, 4.69) is 44.3 Å². The van der Waals surface area contributed by atoms with Crippen molar-refractivity contribution in [1.82, 2.24) is 5.32 Å². The molecule has 0 aliphatic carbocycles. The lowest BCUT2D eigenvalue weighted by Gasteiger charge is -2.15. The molecule has 1 atom stereocenters. The van der Waals surface area contributed by atoms with E-state index in [0.717, 1.165) is 27.2 Å². The Kier molecular flexibility index (Phi) is 6.64. The molecule has 22 heavy (non-hydrogen) atoms. The third-order valence-corrected chi connectivity index (χ3v) is 5.47. The van der Waals surface area contributed by atoms with Crippen LogP contribution >= 0.6 is 35.0 Å². The van der Waals surface area contributed by atoms with E-state index in [-0.39, 0.29) is 0 Å². The molecule has 2 aromatic carbocycles. The molecule has 1 N–H and O–H groups in total. The van der Waals surface area contributed by atoms with E-state index in [1.165, 1.54) is 16.7 Å². The predicted molar refractivity (Wildman–Crippen MR) is 99.5 cm³/mol. The van der Waals surface area contributed by atoms with E-state index in [9.17, 15) is 0 Å². The highest BCUT2D eigenvalue weighted by molar-refractivity contribution is 7.99. The number of nitrogens with one attached hydrogen (secondary N) is 1. The topological polar surface area (TPSA) is 12.0 Å². The Labute approximate surface area is 147 Å². The largest absolute Gasteiger partial charge is 0.309 e. The fourth-order valence-electron chi connectivity index (χ4n) is 2.18. The van der Waals surface area contributed by atoms with Crippen LogP contribution in [0.1, 0.15) is 29.7 Å². The van der Waals surface area contributed by atoms with Gasteiger partial charge >= 0.3 is 0 Å². The van der Waals surface area contributed by atoms with Crippen LogP contribution in [0.4, 0.5) is 0 Å². The summed E-state index contributed by atoms with van der Waals surface area (Å²) in [6.45, 7) is 7.41. The van der Waals surface area contributed by atoms with Crippen LogP contribution in [-0.2, 0) is 0 Å². The molecule has 0 saturated carbocycles. The van der Waals surface area contributed by atoms with Crippen LogP contribution in [-0.4, -0.2) is 12.3 Å². The number of halogens is 2. The third-order valence-electron chi connectivity index (χ3n) is 3.73. The van der Waals surface area contributed by atoms with Gasteiger partial charge in [-0.3, -0.25) is 0 Å². The summed E-state index contributed by atoms with van der Waals surface area (Å²) in [7, 11) is 0. The summed E-state index contributed by atoms with van der Waals surface area (Å²) in [6, 6.07) is 12.6. The maximum atomic E-state index is 6.17. The Balaban J connectivity index is 1.83. The highest BCUT2D eigenvalue weighted by atomic mass is 35.5. The van der Waals surface area contributed by atoms with Crippen LogP contribution in [0.15, 0.2) is 41.3 Å². The molecule has 0 aliphatic rings. The zero-order valence-corrected chi connectivity index (χ0v) is 15.4. The average Bonchev–Trinajstić information content (AvgIpc) is 2.49. The minimum Gasteiger partial charge on any atom is -0.309 e. The van der Waals surface area contributed by atoms with Crippen molar-refractivity contribution >= 4 is 35.0 Å². The zero-order chi connectivity index (χ0) is 16.1. The van der Waals surface area contributed by atoms with Crippen molar-refractivity contribution in [2.24, 2.45) is 0 Å². The number of benzene rings is 2. The summed E-state index contributed by atoms with van der Waals surface area (Å²) in [6.07, 6.45) is 0. The van der Waals surface area contributed by atoms with Gasteiger partial charge in [-0.25, -0.2) is 0 Å². The summed E-state index contributed by atoms with van der Waals surface area (Å²) in [5, 5.41) is 5.04. The Hall–Kier alpha value is -0.670. The van der Waals surface area contributed by atoms with Gasteiger partial charge in [-0.15, -0.1) is 11.8 Å². The van der Waals surface area contributed by atoms with Crippen LogP contribution < -0.4 is 5.32 Å². The van der Waals surface area contributed by atoms with E-state index in [1.54, 1.807) is 11.8 Å². The van der Waals surface area contributed by atoms with Crippen molar-refractivity contribution in [2.75, 3.05) is 12.3 Å². The second-order valence-corrected chi connectivity index (χ2v) is 7.42. The third kappa shape index (κ3) is 4.92. The highest BCUT2D eigenvalue weighted by Crippen LogP contribution is 2.29. The normalized spacial score (nSPS) is 12.4. The average molecular weight is 354 g/mol. The molecular formula is C18H21Cl2NS. The van der Waals surface area contributed by atoms with Gasteiger partial charge in [0.15, 0.2) is 0 Å². The maximum Gasteiger partial charge on any atom is 0.0542 e. The predicted octanol–water partition coefficient (Wildman–Crippen LogP) is 6.05. The highest BCUT2D eigenvalue weighted by Gasteiger charge is 2.06. The van der Waals surface area contributed by atoms with Crippen LogP contribution in [0.2, 0.25) is 10.0 Å². The number of hydrogen-bond acceptors (Lipinski definition) is 2. The molecule has 2 rings (SSSR count). The molecule has 0 aromatic heterocycles. The van der Waals surface area contributed by atoms with Gasteiger partial charge in [0, 0.05) is 28.3 Å². The fraction of sp³-hybridized carbons (Fsp3) is 0.333. The van der Waals surface area contributed by atoms with Gasteiger partial charge in [-0.2, -0.15) is 0 Å². The van der Waals surface area contributed by atoms with Crippen molar-refractivity contribution in [3.8, 4) is 0 Å². The molecule has 118 valence electrons. The lowest BCUT2D eigenvalue weighted by molar-refractivity contribution is 0.601. The van der Waals surface area contributed by atoms with Crippen LogP contribution in [0, 0.1) is 13.8 Å². The van der Waals surface area contributed by atoms with E-state index in [4.69, 9.17) is 23.2 Å². The first-order chi connectivity index (χ1) is 10.5. The molecule has 1 unspecified atom stereocenters. The molecule has 0 aliphatic heterocycles. The lowest BCUT2D eigenvalue weighted by atomic mass is 10.0. The molecule has 0 fully saturated rings. The summed E-state index contributed by atoms with van der Waals surface area (Å²) < 4.78 is 0. The van der Waals surface area contributed by atoms with Crippen molar-refractivity contribution in [3.63, 3.8) is 0 Å². The smallest absolute Gasteiger partial charge is 0.0542 e. The Morgan fingerprint density at radius 3 is 2.55 bits per heavy atom. The van der Waals surface area contributed by atoms with Crippen LogP contribution in [0.25, 0.3) is 0 Å². The first-order valence-corrected chi connectivity index (χ1v) is 9.10. The minimum absolute atomic E-state index is 0.342. The van der Waals surface area contributed by atoms with Crippen molar-refractivity contribution < 1.29 is 0 Å². The standard InChI is InChI=1S/C18H21Cl2NS/c1-12-4-5-15(10-13(12)2)14(3)21-8-9-22-18-11-16(19)6-7-17(18)20/h4-7,10-11,14,21H,8-9H2,1-3H3. The van der Waals surface area contributed by atoms with Gasteiger partial charge in [0.1, 0.15) is 0 Å². The molecule has 0 spiro atoms. The quantitative estimate of drug-likeness (QED) is 0.500. The molecule has 0 heterocycles. The lowest BCUT2D eigenvalue weighted by Crippen LogP contribution is -2.21. The molecular weight excluding hydrogens is 333 g/mol. The molecule has 1 nitrogen and oxygen atoms in total. The summed E-state index contributed by atoms with van der Waals surface area (Å²) in [5.74, 6) is 0.954. The van der Waals surface area contributed by atoms with Crippen LogP contribution in [0.5, 0.6) is 0 Å². The Bertz CT molecular complexity index is 643. The summed E-state index contributed by atoms with van der Waals surface area (Å²) >= 11 is 13.9. The molecule has 0 bridgehead atoms. The van der Waals surface area contributed by atoms with Gasteiger partial charge in [0.25, 0.3) is 0 Å². The first-order valence-electron chi connectivity index (χ1n) is 7.36. The van der Waals surface area contributed by atoms with Crippen molar-refractivity contribution in [3.05, 3.63) is 63.1 Å². The van der Waals surface area contributed by atoms with Gasteiger partial charge in [0.05, 0.1) is 5.02 Å². The fourth-order valence-corrected chi connectivity index (χ4v) is 3.55. The SMILES string of the molecule is Cc1ccc(C(C)NCCSc2cc(Cl)ccc2Cl)cc1C. The maximum absolute atomic E-state index is 6.17. The number of rotatable bonds is 6. The first kappa shape index (κ1) is 17.7. The second-order valence-electron chi connectivity index (χ2n) is 5.44. The minimum atomic E-state index is 0.342. The molecule has 0 saturated heterocycles. The Morgan fingerprint density at radius 1 is 1.05 bits per heavy atom. The summed E-state index contributed by atoms with van der Waals surface area (Å²) in [5.41, 5.74) is 4.00. The van der Waals surface area contributed by atoms with E-state index >= 15 is 0 Å². The zero-order valence-electron chi connectivity index (χ0n) is 13.1. The van der Waals surface area contributed by atoms with Crippen LogP contribution in [0.3, 0.4) is 0 Å². The Morgan fingerprint density at radius 2 is 1.82 bits per heavy atom.